The monoisotopic (exact) mass is 329 g/mol. The molecule has 1 fully saturated rings. The fourth-order valence-electron chi connectivity index (χ4n) is 2.53. The number of aromatic hydroxyl groups is 1. The van der Waals surface area contributed by atoms with E-state index in [0.717, 1.165) is 17.4 Å². The van der Waals surface area contributed by atoms with Gasteiger partial charge in [-0.25, -0.2) is 0 Å². The minimum Gasteiger partial charge on any atom is -0.494 e. The zero-order valence-corrected chi connectivity index (χ0v) is 13.8. The Kier molecular flexibility index (Phi) is 3.59. The molecule has 0 aliphatic heterocycles. The molecule has 0 atom stereocenters. The van der Waals surface area contributed by atoms with Gasteiger partial charge in [0.05, 0.1) is 0 Å². The lowest BCUT2D eigenvalue weighted by Crippen LogP contribution is -2.35. The molecule has 3 rings (SSSR count). The van der Waals surface area contributed by atoms with Crippen LogP contribution in [-0.4, -0.2) is 31.2 Å². The van der Waals surface area contributed by atoms with E-state index in [1.165, 1.54) is 10.6 Å². The first-order chi connectivity index (χ1) is 11.2. The van der Waals surface area contributed by atoms with Crippen molar-refractivity contribution >= 4 is 11.6 Å². The predicted octanol–water partition coefficient (Wildman–Crippen LogP) is 1.01. The van der Waals surface area contributed by atoms with Gasteiger partial charge < -0.3 is 10.4 Å². The van der Waals surface area contributed by atoms with Crippen molar-refractivity contribution in [1.29, 1.82) is 5.26 Å². The quantitative estimate of drug-likeness (QED) is 0.872. The Labute approximate surface area is 138 Å². The molecule has 2 aromatic rings. The van der Waals surface area contributed by atoms with E-state index in [2.05, 4.69) is 10.4 Å². The van der Waals surface area contributed by atoms with Crippen LogP contribution in [0, 0.1) is 16.7 Å². The number of amides is 1. The van der Waals surface area contributed by atoms with Gasteiger partial charge in [-0.15, -0.1) is 0 Å². The van der Waals surface area contributed by atoms with Crippen LogP contribution in [0.2, 0.25) is 0 Å². The van der Waals surface area contributed by atoms with E-state index in [-0.39, 0.29) is 28.4 Å². The summed E-state index contributed by atoms with van der Waals surface area (Å²) in [6.07, 6.45) is 1.73. The van der Waals surface area contributed by atoms with Crippen LogP contribution in [0.3, 0.4) is 0 Å². The Balaban J connectivity index is 2.25. The molecule has 0 radical (unpaired) electrons. The first-order valence-electron chi connectivity index (χ1n) is 7.78. The molecule has 0 unspecified atom stereocenters. The van der Waals surface area contributed by atoms with Gasteiger partial charge in [0, 0.05) is 18.7 Å². The van der Waals surface area contributed by atoms with Crippen molar-refractivity contribution in [2.45, 2.75) is 46.2 Å². The molecule has 8 nitrogen and oxygen atoms in total. The average molecular weight is 329 g/mol. The summed E-state index contributed by atoms with van der Waals surface area (Å²) in [6.45, 7) is 6.24. The Hall–Kier alpha value is -2.82. The second kappa shape index (κ2) is 5.37. The number of fused-ring (bicyclic) bond motifs is 1. The summed E-state index contributed by atoms with van der Waals surface area (Å²) in [4.78, 5) is 25.0. The molecular weight excluding hydrogens is 310 g/mol. The Morgan fingerprint density at radius 2 is 2.17 bits per heavy atom. The van der Waals surface area contributed by atoms with Crippen LogP contribution >= 0.6 is 0 Å². The molecular formula is C16H19N5O3. The minimum atomic E-state index is -0.729. The molecule has 0 spiro atoms. The van der Waals surface area contributed by atoms with Crippen molar-refractivity contribution in [3.05, 3.63) is 27.7 Å². The summed E-state index contributed by atoms with van der Waals surface area (Å²) in [5.74, 6) is -1.01. The van der Waals surface area contributed by atoms with E-state index in [4.69, 9.17) is 5.26 Å². The zero-order chi connectivity index (χ0) is 17.6. The van der Waals surface area contributed by atoms with Gasteiger partial charge >= 0.3 is 0 Å². The van der Waals surface area contributed by atoms with E-state index in [1.54, 1.807) is 0 Å². The topological polar surface area (TPSA) is 112 Å². The highest BCUT2D eigenvalue weighted by Crippen LogP contribution is 2.26. The number of nitrogens with zero attached hydrogens (tertiary/aromatic N) is 4. The fraction of sp³-hybridized carbons (Fsp3) is 0.500. The lowest BCUT2D eigenvalue weighted by molar-refractivity contribution is 0.0944. The largest absolute Gasteiger partial charge is 0.494 e. The predicted molar refractivity (Wildman–Crippen MR) is 85.8 cm³/mol. The van der Waals surface area contributed by atoms with Crippen LogP contribution in [0.5, 0.6) is 5.88 Å². The second-order valence-corrected chi connectivity index (χ2v) is 7.31. The van der Waals surface area contributed by atoms with Crippen LogP contribution in [0.1, 0.15) is 49.7 Å². The number of carbonyl (C=O) groups is 1. The van der Waals surface area contributed by atoms with Crippen molar-refractivity contribution in [1.82, 2.24) is 19.5 Å². The normalized spacial score (nSPS) is 14.6. The van der Waals surface area contributed by atoms with Crippen molar-refractivity contribution in [2.24, 2.45) is 5.41 Å². The van der Waals surface area contributed by atoms with E-state index >= 15 is 0 Å². The van der Waals surface area contributed by atoms with Gasteiger partial charge in [0.25, 0.3) is 11.5 Å². The van der Waals surface area contributed by atoms with Crippen molar-refractivity contribution in [3.8, 4) is 11.9 Å². The number of hydrogen-bond donors (Lipinski definition) is 2. The van der Waals surface area contributed by atoms with Crippen LogP contribution in [0.4, 0.5) is 0 Å². The summed E-state index contributed by atoms with van der Waals surface area (Å²) < 4.78 is 2.46. The summed E-state index contributed by atoms with van der Waals surface area (Å²) in [5, 5.41) is 26.3. The highest BCUT2D eigenvalue weighted by Gasteiger charge is 2.30. The van der Waals surface area contributed by atoms with Gasteiger partial charge in [-0.05, 0) is 18.3 Å². The smallest absolute Gasteiger partial charge is 0.291 e. The van der Waals surface area contributed by atoms with E-state index in [0.29, 0.717) is 6.54 Å². The van der Waals surface area contributed by atoms with Gasteiger partial charge in [-0.3, -0.25) is 14.2 Å². The SMILES string of the molecule is CC(C)(C)Cn1c(O)c(C(=O)NC2CC2)c(=O)n2nc(C#N)cc12. The van der Waals surface area contributed by atoms with Gasteiger partial charge in [0.15, 0.2) is 11.3 Å². The average Bonchev–Trinajstić information content (AvgIpc) is 3.17. The number of carbonyl (C=O) groups excluding carboxylic acids is 1. The maximum atomic E-state index is 12.6. The van der Waals surface area contributed by atoms with Gasteiger partial charge in [0.2, 0.25) is 5.88 Å². The summed E-state index contributed by atoms with van der Waals surface area (Å²) in [5.41, 5.74) is -0.964. The van der Waals surface area contributed by atoms with Crippen LogP contribution in [-0.2, 0) is 6.54 Å². The second-order valence-electron chi connectivity index (χ2n) is 7.31. The van der Waals surface area contributed by atoms with Crippen molar-refractivity contribution in [2.75, 3.05) is 0 Å². The first-order valence-corrected chi connectivity index (χ1v) is 7.78. The van der Waals surface area contributed by atoms with E-state index in [9.17, 15) is 14.7 Å². The van der Waals surface area contributed by atoms with Gasteiger partial charge in [0.1, 0.15) is 11.7 Å². The summed E-state index contributed by atoms with van der Waals surface area (Å²) in [7, 11) is 0. The van der Waals surface area contributed by atoms with E-state index < -0.39 is 17.3 Å². The number of aromatic nitrogens is 3. The number of hydrogen-bond acceptors (Lipinski definition) is 5. The molecule has 126 valence electrons. The number of rotatable bonds is 3. The molecule has 1 amide bonds. The Morgan fingerprint density at radius 3 is 2.71 bits per heavy atom. The van der Waals surface area contributed by atoms with Crippen LogP contribution < -0.4 is 10.9 Å². The fourth-order valence-corrected chi connectivity index (χ4v) is 2.53. The lowest BCUT2D eigenvalue weighted by Gasteiger charge is -2.23. The first kappa shape index (κ1) is 16.1. The number of nitrogens with one attached hydrogen (secondary N) is 1. The van der Waals surface area contributed by atoms with Crippen LogP contribution in [0.15, 0.2) is 10.9 Å². The Bertz CT molecular complexity index is 922. The van der Waals surface area contributed by atoms with Crippen molar-refractivity contribution < 1.29 is 9.90 Å². The molecule has 0 bridgehead atoms. The maximum Gasteiger partial charge on any atom is 0.291 e. The molecule has 24 heavy (non-hydrogen) atoms. The molecule has 2 N–H and O–H groups in total. The molecule has 1 aliphatic rings. The third-order valence-corrected chi connectivity index (χ3v) is 3.74. The number of nitriles is 1. The minimum absolute atomic E-state index is 0.0499. The molecule has 2 heterocycles. The summed E-state index contributed by atoms with van der Waals surface area (Å²) >= 11 is 0. The Morgan fingerprint density at radius 1 is 1.50 bits per heavy atom. The van der Waals surface area contributed by atoms with Gasteiger partial charge in [-0.1, -0.05) is 20.8 Å². The van der Waals surface area contributed by atoms with Crippen LogP contribution in [0.25, 0.3) is 5.65 Å². The van der Waals surface area contributed by atoms with E-state index in [1.807, 2.05) is 26.8 Å². The lowest BCUT2D eigenvalue weighted by atomic mass is 9.96. The molecule has 0 saturated heterocycles. The summed E-state index contributed by atoms with van der Waals surface area (Å²) in [6, 6.07) is 3.35. The highest BCUT2D eigenvalue weighted by molar-refractivity contribution is 5.96. The van der Waals surface area contributed by atoms with Gasteiger partial charge in [-0.2, -0.15) is 14.9 Å². The molecule has 1 saturated carbocycles. The third-order valence-electron chi connectivity index (χ3n) is 3.74. The molecule has 2 aromatic heterocycles. The highest BCUT2D eigenvalue weighted by atomic mass is 16.3. The molecule has 0 aromatic carbocycles. The third kappa shape index (κ3) is 2.85. The maximum absolute atomic E-state index is 12.6. The molecule has 8 heteroatoms. The standard InChI is InChI=1S/C16H19N5O3/c1-16(2,3)8-20-11-6-10(7-17)19-21(11)15(24)12(14(20)23)13(22)18-9-4-5-9/h6,9,23H,4-5,8H2,1-3H3,(H,18,22). The zero-order valence-electron chi connectivity index (χ0n) is 13.8. The molecule has 1 aliphatic carbocycles. The van der Waals surface area contributed by atoms with Crippen molar-refractivity contribution in [3.63, 3.8) is 0 Å².